The highest BCUT2D eigenvalue weighted by molar-refractivity contribution is 5.95. The first kappa shape index (κ1) is 26.7. The molecule has 0 bridgehead atoms. The summed E-state index contributed by atoms with van der Waals surface area (Å²) in [6.45, 7) is 9.95. The Hall–Kier alpha value is -3.90. The van der Waals surface area contributed by atoms with Crippen molar-refractivity contribution >= 4 is 34.4 Å². The van der Waals surface area contributed by atoms with Gasteiger partial charge in [-0.05, 0) is 86.6 Å². The van der Waals surface area contributed by atoms with Crippen LogP contribution in [-0.2, 0) is 24.2 Å². The molecular formula is C33H39N5O. The van der Waals surface area contributed by atoms with E-state index in [-0.39, 0.29) is 0 Å². The lowest BCUT2D eigenvalue weighted by Crippen LogP contribution is -2.46. The molecule has 0 radical (unpaired) electrons. The Morgan fingerprint density at radius 3 is 2.41 bits per heavy atom. The number of rotatable bonds is 5. The van der Waals surface area contributed by atoms with Crippen LogP contribution < -0.4 is 16.0 Å². The van der Waals surface area contributed by atoms with Gasteiger partial charge in [0.15, 0.2) is 0 Å². The van der Waals surface area contributed by atoms with Gasteiger partial charge in [0.2, 0.25) is 6.41 Å². The zero-order chi connectivity index (χ0) is 27.2. The van der Waals surface area contributed by atoms with E-state index in [4.69, 9.17) is 5.73 Å². The van der Waals surface area contributed by atoms with Gasteiger partial charge in [-0.2, -0.15) is 0 Å². The lowest BCUT2D eigenvalue weighted by molar-refractivity contribution is -0.105. The second-order valence-corrected chi connectivity index (χ2v) is 10.7. The van der Waals surface area contributed by atoms with Crippen molar-refractivity contribution in [1.82, 2.24) is 9.88 Å². The quantitative estimate of drug-likeness (QED) is 0.320. The van der Waals surface area contributed by atoms with Crippen LogP contribution in [0.5, 0.6) is 0 Å². The lowest BCUT2D eigenvalue weighted by atomic mass is 9.93. The fraction of sp³-hybridized carbons (Fsp3) is 0.333. The van der Waals surface area contributed by atoms with Crippen LogP contribution in [-0.4, -0.2) is 42.5 Å². The molecule has 6 heteroatoms. The van der Waals surface area contributed by atoms with E-state index >= 15 is 0 Å². The molecule has 1 aliphatic heterocycles. The van der Waals surface area contributed by atoms with Crippen LogP contribution in [0.4, 0.5) is 17.1 Å². The molecular weight excluding hydrogens is 482 g/mol. The van der Waals surface area contributed by atoms with Gasteiger partial charge in [-0.25, -0.2) is 0 Å². The van der Waals surface area contributed by atoms with Crippen LogP contribution in [0.2, 0.25) is 0 Å². The molecule has 1 amide bonds. The third-order valence-corrected chi connectivity index (χ3v) is 7.96. The fourth-order valence-corrected chi connectivity index (χ4v) is 5.57. The Balaban J connectivity index is 0.000000160. The van der Waals surface area contributed by atoms with Crippen LogP contribution in [0.15, 0.2) is 66.7 Å². The maximum absolute atomic E-state index is 10.5. The third kappa shape index (κ3) is 6.40. The van der Waals surface area contributed by atoms with E-state index in [2.05, 4.69) is 82.5 Å². The van der Waals surface area contributed by atoms with Crippen molar-refractivity contribution in [2.24, 2.45) is 0 Å². The van der Waals surface area contributed by atoms with Crippen LogP contribution in [0, 0.1) is 13.8 Å². The van der Waals surface area contributed by atoms with Gasteiger partial charge in [0.05, 0.1) is 5.52 Å². The number of nitrogens with one attached hydrogen (secondary N) is 1. The van der Waals surface area contributed by atoms with Gasteiger partial charge in [0, 0.05) is 60.9 Å². The van der Waals surface area contributed by atoms with Crippen molar-refractivity contribution in [3.05, 3.63) is 94.7 Å². The summed E-state index contributed by atoms with van der Waals surface area (Å²) in [5, 5.41) is 3.58. The van der Waals surface area contributed by atoms with E-state index in [1.54, 1.807) is 0 Å². The molecule has 2 aliphatic rings. The van der Waals surface area contributed by atoms with E-state index in [0.717, 1.165) is 73.5 Å². The molecule has 6 rings (SSSR count). The van der Waals surface area contributed by atoms with Gasteiger partial charge in [0.1, 0.15) is 0 Å². The van der Waals surface area contributed by atoms with E-state index in [1.807, 2.05) is 18.2 Å². The van der Waals surface area contributed by atoms with E-state index < -0.39 is 0 Å². The SMILES string of the molecule is Cc1ccc(N2CCN(Cc3ccccc3C)CC2)cc1.Nc1c2c(nc3ccc(NC=O)cc13)CCCC2. The molecule has 0 spiro atoms. The molecule has 1 saturated heterocycles. The number of carbonyl (C=O) groups excluding carboxylic acids is 1. The number of fused-ring (bicyclic) bond motifs is 2. The molecule has 3 aromatic carbocycles. The van der Waals surface area contributed by atoms with Gasteiger partial charge < -0.3 is 16.0 Å². The highest BCUT2D eigenvalue weighted by Crippen LogP contribution is 2.32. The summed E-state index contributed by atoms with van der Waals surface area (Å²) in [5.41, 5.74) is 16.6. The topological polar surface area (TPSA) is 74.5 Å². The molecule has 1 aliphatic carbocycles. The highest BCUT2D eigenvalue weighted by atomic mass is 16.1. The summed E-state index contributed by atoms with van der Waals surface area (Å²) in [6.07, 6.45) is 5.06. The van der Waals surface area contributed by atoms with E-state index in [1.165, 1.54) is 40.8 Å². The average molecular weight is 522 g/mol. The lowest BCUT2D eigenvalue weighted by Gasteiger charge is -2.36. The van der Waals surface area contributed by atoms with Gasteiger partial charge >= 0.3 is 0 Å². The summed E-state index contributed by atoms with van der Waals surface area (Å²) >= 11 is 0. The normalized spacial score (nSPS) is 15.3. The predicted octanol–water partition coefficient (Wildman–Crippen LogP) is 5.89. The first-order chi connectivity index (χ1) is 19.0. The van der Waals surface area contributed by atoms with Crippen molar-refractivity contribution in [3.8, 4) is 0 Å². The number of nitrogens with zero attached hydrogens (tertiary/aromatic N) is 3. The number of benzene rings is 3. The summed E-state index contributed by atoms with van der Waals surface area (Å²) in [5.74, 6) is 0. The molecule has 4 aromatic rings. The van der Waals surface area contributed by atoms with E-state index in [0.29, 0.717) is 6.41 Å². The number of carbonyl (C=O) groups is 1. The minimum atomic E-state index is 0.670. The van der Waals surface area contributed by atoms with Gasteiger partial charge in [-0.1, -0.05) is 42.0 Å². The summed E-state index contributed by atoms with van der Waals surface area (Å²) in [4.78, 5) is 20.2. The molecule has 6 nitrogen and oxygen atoms in total. The molecule has 39 heavy (non-hydrogen) atoms. The maximum atomic E-state index is 10.5. The predicted molar refractivity (Wildman–Crippen MR) is 162 cm³/mol. The maximum Gasteiger partial charge on any atom is 0.211 e. The minimum Gasteiger partial charge on any atom is -0.398 e. The number of amides is 1. The first-order valence-corrected chi connectivity index (χ1v) is 14.0. The molecule has 2 heterocycles. The standard InChI is InChI=1S/C19H24N2.C14H15N3O/c1-16-7-9-19(10-8-16)21-13-11-20(12-14-21)15-18-6-4-3-5-17(18)2;15-14-10-3-1-2-4-12(10)17-13-6-5-9(16-8-18)7-11(13)14/h3-10H,11-15H2,1-2H3;5-8H,1-4H2,(H2,15,17)(H,16,18). The van der Waals surface area contributed by atoms with Crippen LogP contribution in [0.25, 0.3) is 10.9 Å². The molecule has 0 saturated carbocycles. The monoisotopic (exact) mass is 521 g/mol. The molecule has 0 atom stereocenters. The van der Waals surface area contributed by atoms with Crippen LogP contribution in [0.3, 0.4) is 0 Å². The van der Waals surface area contributed by atoms with Gasteiger partial charge in [-0.3, -0.25) is 14.7 Å². The first-order valence-electron chi connectivity index (χ1n) is 14.0. The number of aromatic nitrogens is 1. The van der Waals surface area contributed by atoms with Crippen LogP contribution >= 0.6 is 0 Å². The molecule has 3 N–H and O–H groups in total. The molecule has 0 unspecified atom stereocenters. The zero-order valence-electron chi connectivity index (χ0n) is 23.1. The number of aryl methyl sites for hydroxylation is 3. The summed E-state index contributed by atoms with van der Waals surface area (Å²) in [7, 11) is 0. The Morgan fingerprint density at radius 2 is 1.67 bits per heavy atom. The van der Waals surface area contributed by atoms with Crippen molar-refractivity contribution < 1.29 is 4.79 Å². The average Bonchev–Trinajstić information content (AvgIpc) is 2.96. The molecule has 1 fully saturated rings. The number of anilines is 3. The van der Waals surface area contributed by atoms with Gasteiger partial charge in [-0.15, -0.1) is 0 Å². The Bertz CT molecular complexity index is 1420. The second kappa shape index (κ2) is 12.3. The minimum absolute atomic E-state index is 0.670. The number of pyridine rings is 1. The van der Waals surface area contributed by atoms with Crippen molar-refractivity contribution in [3.63, 3.8) is 0 Å². The number of nitrogens with two attached hydrogens (primary N) is 1. The Morgan fingerprint density at radius 1 is 0.923 bits per heavy atom. The largest absolute Gasteiger partial charge is 0.398 e. The fourth-order valence-electron chi connectivity index (χ4n) is 5.57. The highest BCUT2D eigenvalue weighted by Gasteiger charge is 2.18. The molecule has 202 valence electrons. The number of nitrogen functional groups attached to an aromatic ring is 1. The van der Waals surface area contributed by atoms with Crippen molar-refractivity contribution in [2.45, 2.75) is 46.1 Å². The number of hydrogen-bond donors (Lipinski definition) is 2. The number of piperazine rings is 1. The van der Waals surface area contributed by atoms with Crippen molar-refractivity contribution in [2.75, 3.05) is 42.1 Å². The Kier molecular flexibility index (Phi) is 8.42. The van der Waals surface area contributed by atoms with Crippen molar-refractivity contribution in [1.29, 1.82) is 0 Å². The second-order valence-electron chi connectivity index (χ2n) is 10.7. The third-order valence-electron chi connectivity index (χ3n) is 7.96. The number of hydrogen-bond acceptors (Lipinski definition) is 5. The Labute approximate surface area is 231 Å². The summed E-state index contributed by atoms with van der Waals surface area (Å²) in [6, 6.07) is 23.3. The van der Waals surface area contributed by atoms with E-state index in [9.17, 15) is 4.79 Å². The summed E-state index contributed by atoms with van der Waals surface area (Å²) < 4.78 is 0. The smallest absolute Gasteiger partial charge is 0.211 e. The zero-order valence-corrected chi connectivity index (χ0v) is 23.1. The van der Waals surface area contributed by atoms with Gasteiger partial charge in [0.25, 0.3) is 0 Å². The molecule has 1 aromatic heterocycles. The van der Waals surface area contributed by atoms with Crippen LogP contribution in [0.1, 0.15) is 40.8 Å².